The van der Waals surface area contributed by atoms with Crippen molar-refractivity contribution in [2.24, 2.45) is 5.92 Å². The molecule has 0 saturated heterocycles. The molecule has 4 amide bonds. The van der Waals surface area contributed by atoms with Crippen LogP contribution in [-0.2, 0) is 20.8 Å². The Hall–Kier alpha value is -3.47. The number of likely N-dealkylation sites (N-methyl/N-ethyl adjacent to an activating group) is 1. The fourth-order valence-corrected chi connectivity index (χ4v) is 4.87. The van der Waals surface area contributed by atoms with E-state index in [4.69, 9.17) is 4.74 Å². The number of fused-ring (bicyclic) bond motifs is 1. The number of thiazole rings is 1. The summed E-state index contributed by atoms with van der Waals surface area (Å²) in [6.07, 6.45) is 1.48. The van der Waals surface area contributed by atoms with E-state index in [2.05, 4.69) is 20.9 Å². The van der Waals surface area contributed by atoms with E-state index < -0.39 is 18.0 Å². The minimum absolute atomic E-state index is 0.0326. The molecular weight excluding hydrogens is 506 g/mol. The van der Waals surface area contributed by atoms with Crippen molar-refractivity contribution in [3.8, 4) is 5.75 Å². The van der Waals surface area contributed by atoms with E-state index in [0.29, 0.717) is 18.7 Å². The third-order valence-corrected chi connectivity index (χ3v) is 7.28. The Morgan fingerprint density at radius 3 is 2.71 bits per heavy atom. The molecule has 2 heterocycles. The Labute approximate surface area is 227 Å². The predicted octanol–water partition coefficient (Wildman–Crippen LogP) is 2.07. The third kappa shape index (κ3) is 8.27. The van der Waals surface area contributed by atoms with E-state index in [-0.39, 0.29) is 55.2 Å². The molecule has 0 fully saturated rings. The van der Waals surface area contributed by atoms with E-state index in [9.17, 15) is 19.2 Å². The Morgan fingerprint density at radius 1 is 1.24 bits per heavy atom. The largest absolute Gasteiger partial charge is 0.491 e. The summed E-state index contributed by atoms with van der Waals surface area (Å²) in [4.78, 5) is 58.0. The van der Waals surface area contributed by atoms with Gasteiger partial charge in [-0.3, -0.25) is 19.2 Å². The predicted molar refractivity (Wildman–Crippen MR) is 145 cm³/mol. The summed E-state index contributed by atoms with van der Waals surface area (Å²) in [6, 6.07) is 5.10. The van der Waals surface area contributed by atoms with Crippen LogP contribution in [0, 0.1) is 12.8 Å². The van der Waals surface area contributed by atoms with Gasteiger partial charge in [0.1, 0.15) is 24.4 Å². The molecule has 0 aliphatic carbocycles. The zero-order valence-electron chi connectivity index (χ0n) is 22.4. The molecule has 0 saturated carbocycles. The fourth-order valence-electron chi connectivity index (χ4n) is 4.05. The van der Waals surface area contributed by atoms with Gasteiger partial charge in [0.25, 0.3) is 5.91 Å². The zero-order valence-corrected chi connectivity index (χ0v) is 23.2. The molecule has 38 heavy (non-hydrogen) atoms. The van der Waals surface area contributed by atoms with Gasteiger partial charge in [0.05, 0.1) is 17.1 Å². The van der Waals surface area contributed by atoms with Gasteiger partial charge >= 0.3 is 0 Å². The lowest BCUT2D eigenvalue weighted by molar-refractivity contribution is -0.137. The fraction of sp³-hybridized carbons (Fsp3) is 0.519. The molecule has 3 N–H and O–H groups in total. The summed E-state index contributed by atoms with van der Waals surface area (Å²) >= 11 is 1.59. The Balaban J connectivity index is 1.75. The number of nitrogens with zero attached hydrogens (tertiary/aromatic N) is 2. The molecule has 3 rings (SSSR count). The van der Waals surface area contributed by atoms with Crippen LogP contribution >= 0.6 is 11.3 Å². The van der Waals surface area contributed by atoms with Gasteiger partial charge in [0.15, 0.2) is 0 Å². The molecule has 1 aromatic carbocycles. The van der Waals surface area contributed by atoms with Crippen molar-refractivity contribution in [1.82, 2.24) is 25.8 Å². The summed E-state index contributed by atoms with van der Waals surface area (Å²) < 4.78 is 5.84. The van der Waals surface area contributed by atoms with Crippen LogP contribution in [0.1, 0.15) is 54.2 Å². The summed E-state index contributed by atoms with van der Waals surface area (Å²) in [5.74, 6) is -1.21. The smallest absolute Gasteiger partial charge is 0.255 e. The lowest BCUT2D eigenvalue weighted by Gasteiger charge is -2.27. The van der Waals surface area contributed by atoms with Crippen molar-refractivity contribution in [2.45, 2.75) is 58.5 Å². The first-order chi connectivity index (χ1) is 18.2. The first-order valence-electron chi connectivity index (χ1n) is 12.9. The molecule has 0 unspecified atom stereocenters. The monoisotopic (exact) mass is 543 g/mol. The summed E-state index contributed by atoms with van der Waals surface area (Å²) in [5.41, 5.74) is 1.25. The minimum Gasteiger partial charge on any atom is -0.491 e. The Morgan fingerprint density at radius 2 is 2.00 bits per heavy atom. The van der Waals surface area contributed by atoms with E-state index in [1.54, 1.807) is 42.6 Å². The molecule has 1 aliphatic rings. The van der Waals surface area contributed by atoms with Crippen molar-refractivity contribution in [2.75, 3.05) is 26.7 Å². The van der Waals surface area contributed by atoms with Crippen LogP contribution in [-0.4, -0.2) is 72.3 Å². The van der Waals surface area contributed by atoms with Crippen molar-refractivity contribution >= 4 is 35.0 Å². The Kier molecular flexibility index (Phi) is 10.6. The van der Waals surface area contributed by atoms with Gasteiger partial charge in [-0.25, -0.2) is 4.98 Å². The van der Waals surface area contributed by atoms with Gasteiger partial charge in [-0.1, -0.05) is 26.0 Å². The average molecular weight is 544 g/mol. The van der Waals surface area contributed by atoms with Crippen LogP contribution in [0.3, 0.4) is 0 Å². The highest BCUT2D eigenvalue weighted by Gasteiger charge is 2.29. The van der Waals surface area contributed by atoms with Crippen LogP contribution in [0.25, 0.3) is 0 Å². The van der Waals surface area contributed by atoms with Crippen molar-refractivity contribution in [3.63, 3.8) is 0 Å². The molecule has 0 spiro atoms. The van der Waals surface area contributed by atoms with Gasteiger partial charge in [-0.05, 0) is 37.8 Å². The zero-order chi connectivity index (χ0) is 27.7. The minimum atomic E-state index is -0.940. The molecule has 2 aromatic rings. The maximum Gasteiger partial charge on any atom is 0.255 e. The van der Waals surface area contributed by atoms with E-state index in [1.807, 2.05) is 26.2 Å². The lowest BCUT2D eigenvalue weighted by atomic mass is 10.0. The molecular formula is C27H37N5O5S. The number of amides is 4. The van der Waals surface area contributed by atoms with Crippen LogP contribution < -0.4 is 20.7 Å². The number of para-hydroxylation sites is 1. The average Bonchev–Trinajstić information content (AvgIpc) is 3.31. The van der Waals surface area contributed by atoms with Crippen molar-refractivity contribution in [3.05, 3.63) is 45.9 Å². The highest BCUT2D eigenvalue weighted by molar-refractivity contribution is 7.09. The maximum atomic E-state index is 13.2. The number of hydrogen-bond donors (Lipinski definition) is 3. The number of carbonyl (C=O) groups is 4. The third-order valence-electron chi connectivity index (χ3n) is 6.26. The summed E-state index contributed by atoms with van der Waals surface area (Å²) in [7, 11) is 1.65. The number of hydrogen-bond acceptors (Lipinski definition) is 7. The number of benzene rings is 1. The SMILES string of the molecule is Cc1csc(CCCNC(=O)[C@@H]2CCC(=O)N[C@@H](C(C)C)C(=O)N(C)CCOc3ccccc3C(=O)N2)n1. The molecule has 1 aromatic heterocycles. The van der Waals surface area contributed by atoms with Crippen molar-refractivity contribution in [1.29, 1.82) is 0 Å². The van der Waals surface area contributed by atoms with Gasteiger partial charge < -0.3 is 25.6 Å². The second kappa shape index (κ2) is 13.9. The molecule has 206 valence electrons. The summed E-state index contributed by atoms with van der Waals surface area (Å²) in [5, 5.41) is 11.5. The summed E-state index contributed by atoms with van der Waals surface area (Å²) in [6.45, 7) is 6.51. The molecule has 11 heteroatoms. The topological polar surface area (TPSA) is 130 Å². The lowest BCUT2D eigenvalue weighted by Crippen LogP contribution is -2.51. The van der Waals surface area contributed by atoms with Crippen LogP contribution in [0.5, 0.6) is 5.75 Å². The molecule has 1 aliphatic heterocycles. The van der Waals surface area contributed by atoms with Gasteiger partial charge in [-0.15, -0.1) is 11.3 Å². The standard InChI is InChI=1S/C27H37N5O5S/c1-17(2)24-27(36)32(4)14-15-37-21-9-6-5-8-19(21)25(34)30-20(11-12-22(33)31-24)26(35)28-13-7-10-23-29-18(3)16-38-23/h5-6,8-9,16-17,20,24H,7,10-15H2,1-4H3,(H,28,35)(H,30,34)(H,31,33)/t20-,24-/m0/s1. The molecule has 10 nitrogen and oxygen atoms in total. The van der Waals surface area contributed by atoms with E-state index >= 15 is 0 Å². The number of aryl methyl sites for hydroxylation is 2. The second-order valence-electron chi connectivity index (χ2n) is 9.74. The van der Waals surface area contributed by atoms with E-state index in [1.165, 1.54) is 4.90 Å². The molecule has 2 atom stereocenters. The maximum absolute atomic E-state index is 13.2. The van der Waals surface area contributed by atoms with Crippen LogP contribution in [0.15, 0.2) is 29.6 Å². The number of ether oxygens (including phenoxy) is 1. The number of rotatable bonds is 6. The highest BCUT2D eigenvalue weighted by atomic mass is 32.1. The van der Waals surface area contributed by atoms with E-state index in [0.717, 1.165) is 17.1 Å². The van der Waals surface area contributed by atoms with Gasteiger partial charge in [0.2, 0.25) is 17.7 Å². The first kappa shape index (κ1) is 29.1. The molecule has 0 radical (unpaired) electrons. The van der Waals surface area contributed by atoms with Crippen LogP contribution in [0.4, 0.5) is 0 Å². The molecule has 0 bridgehead atoms. The quantitative estimate of drug-likeness (QED) is 0.479. The van der Waals surface area contributed by atoms with Crippen LogP contribution in [0.2, 0.25) is 0 Å². The van der Waals surface area contributed by atoms with Gasteiger partial charge in [0, 0.05) is 37.5 Å². The number of carbonyl (C=O) groups excluding carboxylic acids is 4. The second-order valence-corrected chi connectivity index (χ2v) is 10.7. The van der Waals surface area contributed by atoms with Gasteiger partial charge in [-0.2, -0.15) is 0 Å². The highest BCUT2D eigenvalue weighted by Crippen LogP contribution is 2.19. The van der Waals surface area contributed by atoms with Crippen molar-refractivity contribution < 1.29 is 23.9 Å². The number of aromatic nitrogens is 1. The normalized spacial score (nSPS) is 19.5. The number of nitrogens with one attached hydrogen (secondary N) is 3. The Bertz CT molecular complexity index is 1130. The first-order valence-corrected chi connectivity index (χ1v) is 13.8.